The van der Waals surface area contributed by atoms with Gasteiger partial charge in [0, 0.05) is 21.5 Å². The van der Waals surface area contributed by atoms with Gasteiger partial charge < -0.3 is 9.84 Å². The molecular weight excluding hydrogens is 472 g/mol. The van der Waals surface area contributed by atoms with Crippen LogP contribution in [0.1, 0.15) is 31.7 Å². The van der Waals surface area contributed by atoms with E-state index in [0.717, 1.165) is 4.47 Å². The van der Waals surface area contributed by atoms with Crippen molar-refractivity contribution in [1.29, 1.82) is 0 Å². The molecule has 1 aliphatic heterocycles. The number of benzene rings is 2. The summed E-state index contributed by atoms with van der Waals surface area (Å²) in [6.45, 7) is 2.09. The van der Waals surface area contributed by atoms with Crippen molar-refractivity contribution in [2.75, 3.05) is 11.6 Å². The topological polar surface area (TPSA) is 79.2 Å². The van der Waals surface area contributed by atoms with Crippen molar-refractivity contribution >= 4 is 56.9 Å². The van der Waals surface area contributed by atoms with Gasteiger partial charge in [-0.15, -0.1) is 0 Å². The maximum Gasteiger partial charge on any atom is 0.305 e. The average molecular weight is 492 g/mol. The molecule has 0 atom stereocenters. The number of phenols is 1. The van der Waals surface area contributed by atoms with Crippen molar-refractivity contribution in [3.05, 3.63) is 63.1 Å². The molecule has 0 bridgehead atoms. The van der Waals surface area contributed by atoms with Crippen molar-refractivity contribution in [3.63, 3.8) is 0 Å². The smallest absolute Gasteiger partial charge is 0.305 e. The molecule has 2 aromatic rings. The summed E-state index contributed by atoms with van der Waals surface area (Å²) in [6, 6.07) is 11.8. The van der Waals surface area contributed by atoms with Crippen LogP contribution < -0.4 is 5.01 Å². The Kier molecular flexibility index (Phi) is 7.29. The molecule has 6 nitrogen and oxygen atoms in total. The molecule has 0 aliphatic carbocycles. The molecule has 30 heavy (non-hydrogen) atoms. The van der Waals surface area contributed by atoms with E-state index in [1.165, 1.54) is 5.01 Å². The van der Waals surface area contributed by atoms with E-state index in [4.69, 9.17) is 16.3 Å². The average Bonchev–Trinajstić information content (AvgIpc) is 3.01. The second-order valence-electron chi connectivity index (χ2n) is 6.56. The number of hydrazone groups is 1. The van der Waals surface area contributed by atoms with Crippen molar-refractivity contribution < 1.29 is 19.4 Å². The lowest BCUT2D eigenvalue weighted by Crippen LogP contribution is -2.21. The lowest BCUT2D eigenvalue weighted by atomic mass is 10.0. The number of hydrogen-bond donors (Lipinski definition) is 1. The molecule has 0 saturated heterocycles. The highest BCUT2D eigenvalue weighted by molar-refractivity contribution is 9.10. The maximum absolute atomic E-state index is 13.1. The Hall–Kier alpha value is -2.64. The molecule has 0 fully saturated rings. The highest BCUT2D eigenvalue weighted by Gasteiger charge is 2.31. The van der Waals surface area contributed by atoms with Crippen LogP contribution in [0.2, 0.25) is 5.02 Å². The summed E-state index contributed by atoms with van der Waals surface area (Å²) in [5.74, 6) is -0.552. The molecule has 1 N–H and O–H groups in total. The predicted octanol–water partition coefficient (Wildman–Crippen LogP) is 5.33. The SMILES string of the molecule is CCOC(=O)CCCC1=NN(c2ccc(Cl)cc2)C(=O)/C1=C/c1cc(Br)ccc1O. The van der Waals surface area contributed by atoms with E-state index in [1.807, 2.05) is 0 Å². The van der Waals surface area contributed by atoms with Gasteiger partial charge in [-0.3, -0.25) is 9.59 Å². The number of aromatic hydroxyl groups is 1. The van der Waals surface area contributed by atoms with Gasteiger partial charge in [-0.05, 0) is 68.3 Å². The van der Waals surface area contributed by atoms with Gasteiger partial charge >= 0.3 is 5.97 Å². The normalized spacial score (nSPS) is 14.9. The number of carbonyl (C=O) groups is 2. The number of halogens is 2. The molecule has 8 heteroatoms. The van der Waals surface area contributed by atoms with Crippen LogP contribution in [0.3, 0.4) is 0 Å². The number of ether oxygens (including phenoxy) is 1. The third-order valence-electron chi connectivity index (χ3n) is 4.41. The number of nitrogens with zero attached hydrogens (tertiary/aromatic N) is 2. The molecular formula is C22H20BrClN2O4. The highest BCUT2D eigenvalue weighted by atomic mass is 79.9. The van der Waals surface area contributed by atoms with E-state index >= 15 is 0 Å². The van der Waals surface area contributed by atoms with Gasteiger partial charge in [0.2, 0.25) is 0 Å². The number of esters is 1. The van der Waals surface area contributed by atoms with Crippen molar-refractivity contribution in [1.82, 2.24) is 0 Å². The second kappa shape index (κ2) is 9.91. The molecule has 3 rings (SSSR count). The summed E-state index contributed by atoms with van der Waals surface area (Å²) in [5, 5.41) is 16.5. The van der Waals surface area contributed by atoms with Crippen LogP contribution in [0.25, 0.3) is 6.08 Å². The van der Waals surface area contributed by atoms with E-state index in [0.29, 0.717) is 47.0 Å². The van der Waals surface area contributed by atoms with E-state index in [1.54, 1.807) is 55.5 Å². The molecule has 2 aromatic carbocycles. The standard InChI is InChI=1S/C22H20BrClN2O4/c1-2-30-21(28)5-3-4-19-18(13-14-12-15(23)6-11-20(14)27)22(29)26(25-19)17-9-7-16(24)8-10-17/h6-13,27H,2-5H2,1H3/b18-13+. The van der Waals surface area contributed by atoms with Gasteiger partial charge in [-0.1, -0.05) is 27.5 Å². The van der Waals surface area contributed by atoms with Gasteiger partial charge in [-0.25, -0.2) is 0 Å². The molecule has 1 heterocycles. The van der Waals surface area contributed by atoms with Gasteiger partial charge in [-0.2, -0.15) is 10.1 Å². The largest absolute Gasteiger partial charge is 0.507 e. The van der Waals surface area contributed by atoms with E-state index in [2.05, 4.69) is 21.0 Å². The summed E-state index contributed by atoms with van der Waals surface area (Å²) in [6.07, 6.45) is 2.75. The minimum absolute atomic E-state index is 0.0503. The monoisotopic (exact) mass is 490 g/mol. The zero-order chi connectivity index (χ0) is 21.7. The Morgan fingerprint density at radius 2 is 2.00 bits per heavy atom. The number of anilines is 1. The maximum atomic E-state index is 13.1. The molecule has 0 aromatic heterocycles. The minimum Gasteiger partial charge on any atom is -0.507 e. The van der Waals surface area contributed by atoms with Gasteiger partial charge in [0.25, 0.3) is 5.91 Å². The van der Waals surface area contributed by atoms with Crippen LogP contribution in [0.4, 0.5) is 5.69 Å². The van der Waals surface area contributed by atoms with Crippen LogP contribution in [0.15, 0.2) is 57.6 Å². The fourth-order valence-electron chi connectivity index (χ4n) is 2.97. The number of rotatable bonds is 7. The highest BCUT2D eigenvalue weighted by Crippen LogP contribution is 2.30. The molecule has 1 aliphatic rings. The third kappa shape index (κ3) is 5.29. The molecule has 0 spiro atoms. The molecule has 0 unspecified atom stereocenters. The first kappa shape index (κ1) is 22.1. The zero-order valence-corrected chi connectivity index (χ0v) is 18.6. The number of hydrogen-bond acceptors (Lipinski definition) is 5. The Bertz CT molecular complexity index is 1020. The first-order chi connectivity index (χ1) is 14.4. The van der Waals surface area contributed by atoms with Gasteiger partial charge in [0.1, 0.15) is 5.75 Å². The second-order valence-corrected chi connectivity index (χ2v) is 7.91. The summed E-state index contributed by atoms with van der Waals surface area (Å²) in [4.78, 5) is 24.8. The first-order valence-corrected chi connectivity index (χ1v) is 10.6. The Balaban J connectivity index is 1.91. The van der Waals surface area contributed by atoms with E-state index < -0.39 is 0 Å². The predicted molar refractivity (Wildman–Crippen MR) is 121 cm³/mol. The van der Waals surface area contributed by atoms with Crippen LogP contribution in [0, 0.1) is 0 Å². The number of phenolic OH excluding ortho intramolecular Hbond substituents is 1. The Labute approximate surface area is 187 Å². The zero-order valence-electron chi connectivity index (χ0n) is 16.3. The van der Waals surface area contributed by atoms with E-state index in [-0.39, 0.29) is 24.0 Å². The number of amides is 1. The fourth-order valence-corrected chi connectivity index (χ4v) is 3.48. The molecule has 156 valence electrons. The van der Waals surface area contributed by atoms with Crippen molar-refractivity contribution in [2.24, 2.45) is 5.10 Å². The first-order valence-electron chi connectivity index (χ1n) is 9.42. The van der Waals surface area contributed by atoms with Crippen molar-refractivity contribution in [3.8, 4) is 5.75 Å². The Morgan fingerprint density at radius 1 is 1.27 bits per heavy atom. The molecule has 0 radical (unpaired) electrons. The summed E-state index contributed by atoms with van der Waals surface area (Å²) in [7, 11) is 0. The Morgan fingerprint density at radius 3 is 2.70 bits per heavy atom. The summed E-state index contributed by atoms with van der Waals surface area (Å²) >= 11 is 9.32. The summed E-state index contributed by atoms with van der Waals surface area (Å²) in [5.41, 5.74) is 1.97. The van der Waals surface area contributed by atoms with E-state index in [9.17, 15) is 14.7 Å². The minimum atomic E-state index is -0.317. The fraction of sp³-hybridized carbons (Fsp3) is 0.227. The van der Waals surface area contributed by atoms with Gasteiger partial charge in [0.15, 0.2) is 0 Å². The van der Waals surface area contributed by atoms with Crippen LogP contribution in [-0.4, -0.2) is 29.3 Å². The lowest BCUT2D eigenvalue weighted by Gasteiger charge is -2.11. The number of carbonyl (C=O) groups excluding carboxylic acids is 2. The molecule has 1 amide bonds. The lowest BCUT2D eigenvalue weighted by molar-refractivity contribution is -0.143. The van der Waals surface area contributed by atoms with Crippen molar-refractivity contribution in [2.45, 2.75) is 26.2 Å². The quantitative estimate of drug-likeness (QED) is 0.419. The van der Waals surface area contributed by atoms with Gasteiger partial charge in [0.05, 0.1) is 23.6 Å². The van der Waals surface area contributed by atoms with Crippen LogP contribution in [-0.2, 0) is 14.3 Å². The van der Waals surface area contributed by atoms with Crippen LogP contribution in [0.5, 0.6) is 5.75 Å². The summed E-state index contributed by atoms with van der Waals surface area (Å²) < 4.78 is 5.73. The van der Waals surface area contributed by atoms with Crippen LogP contribution >= 0.6 is 27.5 Å². The molecule has 0 saturated carbocycles. The third-order valence-corrected chi connectivity index (χ3v) is 5.16.